The van der Waals surface area contributed by atoms with Crippen LogP contribution in [0.4, 0.5) is 5.69 Å². The van der Waals surface area contributed by atoms with Crippen LogP contribution in [-0.2, 0) is 12.8 Å². The summed E-state index contributed by atoms with van der Waals surface area (Å²) in [6, 6.07) is 13.3. The lowest BCUT2D eigenvalue weighted by atomic mass is 9.84. The molecular formula is C20H26N2O2. The number of benzene rings is 2. The summed E-state index contributed by atoms with van der Waals surface area (Å²) < 4.78 is 5.69. The minimum Gasteiger partial charge on any atom is -0.508 e. The highest BCUT2D eigenvalue weighted by Gasteiger charge is 2.18. The van der Waals surface area contributed by atoms with E-state index in [0.29, 0.717) is 18.3 Å². The van der Waals surface area contributed by atoms with Crippen molar-refractivity contribution in [3.05, 3.63) is 53.6 Å². The summed E-state index contributed by atoms with van der Waals surface area (Å²) >= 11 is 0. The molecule has 24 heavy (non-hydrogen) atoms. The zero-order chi connectivity index (χ0) is 16.8. The smallest absolute Gasteiger partial charge is 0.121 e. The third-order valence-corrected chi connectivity index (χ3v) is 4.58. The van der Waals surface area contributed by atoms with Gasteiger partial charge >= 0.3 is 0 Å². The Labute approximate surface area is 143 Å². The maximum Gasteiger partial charge on any atom is 0.121 e. The maximum absolute atomic E-state index is 9.62. The number of nitrogens with two attached hydrogens (primary N) is 1. The van der Waals surface area contributed by atoms with Crippen LogP contribution in [0.25, 0.3) is 0 Å². The number of hydrogen-bond acceptors (Lipinski definition) is 4. The van der Waals surface area contributed by atoms with Gasteiger partial charge in [-0.25, -0.2) is 0 Å². The Kier molecular flexibility index (Phi) is 5.59. The molecule has 0 aliphatic heterocycles. The zero-order valence-corrected chi connectivity index (χ0v) is 14.0. The molecule has 0 aromatic heterocycles. The predicted molar refractivity (Wildman–Crippen MR) is 97.5 cm³/mol. The molecule has 0 fully saturated rings. The molecule has 0 heterocycles. The monoisotopic (exact) mass is 326 g/mol. The number of nitrogen functional groups attached to an aromatic ring is 1. The molecule has 0 radical (unpaired) electrons. The van der Waals surface area contributed by atoms with Crippen molar-refractivity contribution in [2.75, 3.05) is 25.4 Å². The van der Waals surface area contributed by atoms with Crippen molar-refractivity contribution in [3.8, 4) is 11.5 Å². The summed E-state index contributed by atoms with van der Waals surface area (Å²) in [7, 11) is 0. The van der Waals surface area contributed by atoms with Gasteiger partial charge in [-0.05, 0) is 80.1 Å². The fraction of sp³-hybridized carbons (Fsp3) is 0.400. The highest BCUT2D eigenvalue weighted by atomic mass is 16.5. The van der Waals surface area contributed by atoms with Crippen molar-refractivity contribution < 1.29 is 9.84 Å². The van der Waals surface area contributed by atoms with Crippen molar-refractivity contribution >= 4 is 5.69 Å². The number of aromatic hydroxyl groups is 1. The van der Waals surface area contributed by atoms with Gasteiger partial charge in [-0.2, -0.15) is 0 Å². The van der Waals surface area contributed by atoms with Crippen molar-refractivity contribution in [2.24, 2.45) is 5.92 Å². The summed E-state index contributed by atoms with van der Waals surface area (Å²) in [6.07, 6.45) is 4.35. The third kappa shape index (κ3) is 4.65. The van der Waals surface area contributed by atoms with E-state index >= 15 is 0 Å². The maximum atomic E-state index is 9.62. The van der Waals surface area contributed by atoms with E-state index in [1.807, 2.05) is 30.3 Å². The Morgan fingerprint density at radius 1 is 1.17 bits per heavy atom. The lowest BCUT2D eigenvalue weighted by molar-refractivity contribution is 0.305. The quantitative estimate of drug-likeness (QED) is 0.540. The van der Waals surface area contributed by atoms with Gasteiger partial charge in [0.05, 0.1) is 6.61 Å². The molecule has 4 nitrogen and oxygen atoms in total. The number of rotatable bonds is 7. The highest BCUT2D eigenvalue weighted by molar-refractivity contribution is 5.43. The number of phenolic OH excluding ortho intramolecular Hbond substituents is 1. The van der Waals surface area contributed by atoms with E-state index in [-0.39, 0.29) is 0 Å². The Morgan fingerprint density at radius 2 is 2.08 bits per heavy atom. The van der Waals surface area contributed by atoms with Crippen LogP contribution in [0.5, 0.6) is 11.5 Å². The summed E-state index contributed by atoms with van der Waals surface area (Å²) in [4.78, 5) is 0. The molecule has 0 bridgehead atoms. The van der Waals surface area contributed by atoms with Crippen LogP contribution < -0.4 is 15.8 Å². The first-order valence-corrected chi connectivity index (χ1v) is 8.70. The largest absolute Gasteiger partial charge is 0.508 e. The minimum absolute atomic E-state index is 0.376. The van der Waals surface area contributed by atoms with E-state index < -0.39 is 0 Å². The fourth-order valence-corrected chi connectivity index (χ4v) is 3.29. The SMILES string of the molecule is Nc1cccc(OCCCNC[C@H]2CCc3ccc(O)cc3C2)c1. The Morgan fingerprint density at radius 3 is 2.96 bits per heavy atom. The lowest BCUT2D eigenvalue weighted by Crippen LogP contribution is -2.28. The Bertz CT molecular complexity index is 672. The average molecular weight is 326 g/mol. The van der Waals surface area contributed by atoms with Gasteiger partial charge in [0.1, 0.15) is 11.5 Å². The van der Waals surface area contributed by atoms with E-state index in [4.69, 9.17) is 10.5 Å². The highest BCUT2D eigenvalue weighted by Crippen LogP contribution is 2.27. The van der Waals surface area contributed by atoms with Gasteiger partial charge in [0.2, 0.25) is 0 Å². The van der Waals surface area contributed by atoms with Crippen LogP contribution >= 0.6 is 0 Å². The number of nitrogens with one attached hydrogen (secondary N) is 1. The molecule has 0 saturated carbocycles. The van der Waals surface area contributed by atoms with Crippen LogP contribution in [0.2, 0.25) is 0 Å². The fourth-order valence-electron chi connectivity index (χ4n) is 3.29. The third-order valence-electron chi connectivity index (χ3n) is 4.58. The summed E-state index contributed by atoms with van der Waals surface area (Å²) in [5.41, 5.74) is 9.15. The minimum atomic E-state index is 0.376. The van der Waals surface area contributed by atoms with Crippen molar-refractivity contribution in [1.29, 1.82) is 0 Å². The van der Waals surface area contributed by atoms with E-state index in [0.717, 1.165) is 43.8 Å². The van der Waals surface area contributed by atoms with Crippen LogP contribution in [0.15, 0.2) is 42.5 Å². The van der Waals surface area contributed by atoms with Gasteiger partial charge in [-0.15, -0.1) is 0 Å². The molecule has 0 spiro atoms. The standard InChI is InChI=1S/C20H26N2O2/c21-18-3-1-4-20(13-18)24-10-2-9-22-14-15-5-6-16-7-8-19(23)12-17(16)11-15/h1,3-4,7-8,12-13,15,22-23H,2,5-6,9-11,14,21H2/t15-/m0/s1. The molecule has 4 N–H and O–H groups in total. The lowest BCUT2D eigenvalue weighted by Gasteiger charge is -2.25. The molecule has 2 aromatic carbocycles. The second-order valence-electron chi connectivity index (χ2n) is 6.54. The predicted octanol–water partition coefficient (Wildman–Crippen LogP) is 3.14. The number of hydrogen-bond donors (Lipinski definition) is 3. The first-order valence-electron chi connectivity index (χ1n) is 8.70. The summed E-state index contributed by atoms with van der Waals surface area (Å²) in [5.74, 6) is 1.86. The summed E-state index contributed by atoms with van der Waals surface area (Å²) in [6.45, 7) is 2.66. The molecular weight excluding hydrogens is 300 g/mol. The number of ether oxygens (including phenoxy) is 1. The van der Waals surface area contributed by atoms with E-state index in [1.54, 1.807) is 6.07 Å². The molecule has 4 heteroatoms. The molecule has 0 amide bonds. The molecule has 3 rings (SSSR count). The second kappa shape index (κ2) is 8.06. The molecule has 2 aromatic rings. The first kappa shape index (κ1) is 16.7. The number of phenols is 1. The number of anilines is 1. The van der Waals surface area contributed by atoms with E-state index in [2.05, 4.69) is 11.4 Å². The molecule has 0 unspecified atom stereocenters. The van der Waals surface area contributed by atoms with Crippen LogP contribution in [0.1, 0.15) is 24.0 Å². The molecule has 128 valence electrons. The van der Waals surface area contributed by atoms with Gasteiger partial charge in [-0.3, -0.25) is 0 Å². The van der Waals surface area contributed by atoms with Gasteiger partial charge in [0.15, 0.2) is 0 Å². The van der Waals surface area contributed by atoms with Gasteiger partial charge in [0, 0.05) is 11.8 Å². The summed E-state index contributed by atoms with van der Waals surface area (Å²) in [5, 5.41) is 13.2. The topological polar surface area (TPSA) is 67.5 Å². The van der Waals surface area contributed by atoms with Crippen molar-refractivity contribution in [2.45, 2.75) is 25.7 Å². The second-order valence-corrected chi connectivity index (χ2v) is 6.54. The Balaban J connectivity index is 1.33. The average Bonchev–Trinajstić information content (AvgIpc) is 2.57. The van der Waals surface area contributed by atoms with Gasteiger partial charge < -0.3 is 20.9 Å². The normalized spacial score (nSPS) is 16.6. The zero-order valence-electron chi connectivity index (χ0n) is 14.0. The van der Waals surface area contributed by atoms with E-state index in [9.17, 15) is 5.11 Å². The van der Waals surface area contributed by atoms with Crippen LogP contribution in [-0.4, -0.2) is 24.8 Å². The number of fused-ring (bicyclic) bond motifs is 1. The molecule has 1 aliphatic rings. The van der Waals surface area contributed by atoms with Crippen molar-refractivity contribution in [3.63, 3.8) is 0 Å². The van der Waals surface area contributed by atoms with E-state index in [1.165, 1.54) is 17.5 Å². The van der Waals surface area contributed by atoms with Gasteiger partial charge in [-0.1, -0.05) is 12.1 Å². The Hall–Kier alpha value is -2.20. The molecule has 1 atom stereocenters. The van der Waals surface area contributed by atoms with Crippen LogP contribution in [0, 0.1) is 5.92 Å². The van der Waals surface area contributed by atoms with Crippen molar-refractivity contribution in [1.82, 2.24) is 5.32 Å². The molecule has 1 aliphatic carbocycles. The number of aryl methyl sites for hydroxylation is 1. The molecule has 0 saturated heterocycles. The first-order chi connectivity index (χ1) is 11.7. The van der Waals surface area contributed by atoms with Crippen LogP contribution in [0.3, 0.4) is 0 Å². The van der Waals surface area contributed by atoms with Gasteiger partial charge in [0.25, 0.3) is 0 Å².